The van der Waals surface area contributed by atoms with Crippen LogP contribution >= 0.6 is 0 Å². The fourth-order valence-corrected chi connectivity index (χ4v) is 3.84. The van der Waals surface area contributed by atoms with Gasteiger partial charge >= 0.3 is 11.7 Å². The number of nitrogens with zero attached hydrogens (tertiary/aromatic N) is 4. The molecule has 176 valence electrons. The van der Waals surface area contributed by atoms with Gasteiger partial charge in [-0.05, 0) is 36.6 Å². The summed E-state index contributed by atoms with van der Waals surface area (Å²) < 4.78 is 2.47. The lowest BCUT2D eigenvalue weighted by atomic mass is 10.1. The molecule has 3 N–H and O–H groups in total. The minimum Gasteiger partial charge on any atom is -0.478 e. The zero-order chi connectivity index (χ0) is 24.7. The van der Waals surface area contributed by atoms with E-state index in [-0.39, 0.29) is 18.2 Å². The molecule has 0 aliphatic carbocycles. The number of benzene rings is 2. The highest BCUT2D eigenvalue weighted by Crippen LogP contribution is 2.19. The van der Waals surface area contributed by atoms with Gasteiger partial charge in [0.1, 0.15) is 5.82 Å². The van der Waals surface area contributed by atoms with Crippen molar-refractivity contribution in [1.82, 2.24) is 9.13 Å². The molecular formula is C25H27N5O4. The van der Waals surface area contributed by atoms with Gasteiger partial charge in [0.2, 0.25) is 0 Å². The summed E-state index contributed by atoms with van der Waals surface area (Å²) in [6, 6.07) is 19.1. The number of nitrogens with two attached hydrogens (primary N) is 1. The van der Waals surface area contributed by atoms with Crippen molar-refractivity contribution in [3.63, 3.8) is 0 Å². The predicted molar refractivity (Wildman–Crippen MR) is 129 cm³/mol. The van der Waals surface area contributed by atoms with E-state index in [0.29, 0.717) is 30.0 Å². The SMILES string of the molecule is Cn1c(=O)cc(N2CCC[C@@H](N)C2)n(Cc2ccccc2C(=O)O)c1=O.N#Cc1ccccc1. The number of carboxylic acid groups (broad SMARTS) is 1. The maximum Gasteiger partial charge on any atom is 0.336 e. The van der Waals surface area contributed by atoms with Crippen LogP contribution in [-0.4, -0.2) is 39.3 Å². The van der Waals surface area contributed by atoms with Gasteiger partial charge in [0.15, 0.2) is 0 Å². The highest BCUT2D eigenvalue weighted by Gasteiger charge is 2.22. The smallest absolute Gasteiger partial charge is 0.336 e. The van der Waals surface area contributed by atoms with Crippen LogP contribution in [0.15, 0.2) is 70.3 Å². The Kier molecular flexibility index (Phi) is 8.01. The van der Waals surface area contributed by atoms with Crippen LogP contribution in [0.5, 0.6) is 0 Å². The third-order valence-corrected chi connectivity index (χ3v) is 5.64. The molecule has 1 aliphatic rings. The summed E-state index contributed by atoms with van der Waals surface area (Å²) in [5.74, 6) is -0.576. The molecule has 9 heteroatoms. The fourth-order valence-electron chi connectivity index (χ4n) is 3.84. The molecule has 0 amide bonds. The average molecular weight is 462 g/mol. The zero-order valence-corrected chi connectivity index (χ0v) is 18.9. The molecule has 4 rings (SSSR count). The second kappa shape index (κ2) is 11.1. The van der Waals surface area contributed by atoms with E-state index in [2.05, 4.69) is 0 Å². The molecule has 1 aromatic heterocycles. The molecule has 2 aromatic carbocycles. The summed E-state index contributed by atoms with van der Waals surface area (Å²) in [7, 11) is 1.41. The molecule has 1 atom stereocenters. The normalized spacial score (nSPS) is 15.1. The van der Waals surface area contributed by atoms with Crippen LogP contribution < -0.4 is 21.9 Å². The van der Waals surface area contributed by atoms with Crippen LogP contribution in [0, 0.1) is 11.3 Å². The maximum absolute atomic E-state index is 12.7. The van der Waals surface area contributed by atoms with Crippen molar-refractivity contribution in [3.05, 3.63) is 98.2 Å². The van der Waals surface area contributed by atoms with Crippen molar-refractivity contribution in [2.45, 2.75) is 25.4 Å². The van der Waals surface area contributed by atoms with Crippen LogP contribution in [0.4, 0.5) is 5.82 Å². The number of rotatable bonds is 4. The first-order valence-electron chi connectivity index (χ1n) is 10.9. The Hall–Kier alpha value is -4.16. The standard InChI is InChI=1S/C18H22N4O4.C7H5N/c1-20-16(23)9-15(21-8-4-6-13(19)11-21)22(18(20)26)10-12-5-2-3-7-14(12)17(24)25;8-6-7-4-2-1-3-5-7/h2-3,5,7,9,13H,4,6,8,10-11,19H2,1H3,(H,24,25);1-5H/t13-;/m1./s1. The largest absolute Gasteiger partial charge is 0.478 e. The van der Waals surface area contributed by atoms with E-state index in [1.54, 1.807) is 30.3 Å². The van der Waals surface area contributed by atoms with Gasteiger partial charge in [-0.1, -0.05) is 36.4 Å². The first kappa shape index (κ1) is 24.5. The second-order valence-corrected chi connectivity index (χ2v) is 8.06. The van der Waals surface area contributed by atoms with Crippen LogP contribution in [0.1, 0.15) is 34.3 Å². The number of carbonyl (C=O) groups is 1. The Morgan fingerprint density at radius 3 is 2.44 bits per heavy atom. The van der Waals surface area contributed by atoms with Gasteiger partial charge in [0.25, 0.3) is 5.56 Å². The number of anilines is 1. The molecule has 1 saturated heterocycles. The van der Waals surface area contributed by atoms with Gasteiger partial charge in [-0.3, -0.25) is 13.9 Å². The Morgan fingerprint density at radius 1 is 1.15 bits per heavy atom. The average Bonchev–Trinajstić information content (AvgIpc) is 2.85. The number of aromatic nitrogens is 2. The van der Waals surface area contributed by atoms with Gasteiger partial charge in [-0.15, -0.1) is 0 Å². The lowest BCUT2D eigenvalue weighted by Crippen LogP contribution is -2.47. The third kappa shape index (κ3) is 5.79. The summed E-state index contributed by atoms with van der Waals surface area (Å²) >= 11 is 0. The number of hydrogen-bond acceptors (Lipinski definition) is 6. The van der Waals surface area contributed by atoms with Crippen molar-refractivity contribution in [2.75, 3.05) is 18.0 Å². The molecule has 2 heterocycles. The van der Waals surface area contributed by atoms with E-state index >= 15 is 0 Å². The Bertz CT molecular complexity index is 1310. The Balaban J connectivity index is 0.000000343. The van der Waals surface area contributed by atoms with E-state index in [1.807, 2.05) is 29.2 Å². The molecule has 0 unspecified atom stereocenters. The number of hydrogen-bond donors (Lipinski definition) is 2. The van der Waals surface area contributed by atoms with Crippen molar-refractivity contribution in [2.24, 2.45) is 12.8 Å². The van der Waals surface area contributed by atoms with E-state index in [1.165, 1.54) is 23.7 Å². The van der Waals surface area contributed by atoms with E-state index in [9.17, 15) is 19.5 Å². The molecule has 0 spiro atoms. The van der Waals surface area contributed by atoms with Gasteiger partial charge < -0.3 is 15.7 Å². The zero-order valence-electron chi connectivity index (χ0n) is 18.9. The predicted octanol–water partition coefficient (Wildman–Crippen LogP) is 1.78. The maximum atomic E-state index is 12.7. The van der Waals surface area contributed by atoms with E-state index in [0.717, 1.165) is 17.4 Å². The summed E-state index contributed by atoms with van der Waals surface area (Å²) in [6.07, 6.45) is 1.77. The third-order valence-electron chi connectivity index (χ3n) is 5.64. The number of piperidine rings is 1. The lowest BCUT2D eigenvalue weighted by Gasteiger charge is -2.34. The van der Waals surface area contributed by atoms with E-state index < -0.39 is 17.2 Å². The molecule has 9 nitrogen and oxygen atoms in total. The van der Waals surface area contributed by atoms with Crippen LogP contribution in [-0.2, 0) is 13.6 Å². The van der Waals surface area contributed by atoms with Crippen LogP contribution in [0.3, 0.4) is 0 Å². The summed E-state index contributed by atoms with van der Waals surface area (Å²) in [5.41, 5.74) is 6.52. The second-order valence-electron chi connectivity index (χ2n) is 8.06. The van der Waals surface area contributed by atoms with Crippen molar-refractivity contribution < 1.29 is 9.90 Å². The van der Waals surface area contributed by atoms with Crippen molar-refractivity contribution >= 4 is 11.8 Å². The minimum atomic E-state index is -1.06. The monoisotopic (exact) mass is 461 g/mol. The Labute approximate surface area is 196 Å². The molecule has 3 aromatic rings. The van der Waals surface area contributed by atoms with Crippen LogP contribution in [0.25, 0.3) is 0 Å². The molecule has 0 bridgehead atoms. The number of carboxylic acids is 1. The van der Waals surface area contributed by atoms with Gasteiger partial charge in [0.05, 0.1) is 23.7 Å². The molecule has 1 fully saturated rings. The topological polar surface area (TPSA) is 134 Å². The molecule has 1 aliphatic heterocycles. The molecule has 0 saturated carbocycles. The van der Waals surface area contributed by atoms with Crippen molar-refractivity contribution in [3.8, 4) is 6.07 Å². The first-order valence-corrected chi connectivity index (χ1v) is 10.9. The summed E-state index contributed by atoms with van der Waals surface area (Å²) in [4.78, 5) is 38.3. The summed E-state index contributed by atoms with van der Waals surface area (Å²) in [5, 5.41) is 17.7. The Morgan fingerprint density at radius 2 is 1.82 bits per heavy atom. The minimum absolute atomic E-state index is 0.0253. The fraction of sp³-hybridized carbons (Fsp3) is 0.280. The van der Waals surface area contributed by atoms with Gasteiger partial charge in [-0.25, -0.2) is 9.59 Å². The van der Waals surface area contributed by atoms with Gasteiger partial charge in [0, 0.05) is 32.2 Å². The van der Waals surface area contributed by atoms with Crippen molar-refractivity contribution in [1.29, 1.82) is 5.26 Å². The summed E-state index contributed by atoms with van der Waals surface area (Å²) in [6.45, 7) is 1.31. The number of nitriles is 1. The first-order chi connectivity index (χ1) is 16.3. The van der Waals surface area contributed by atoms with E-state index in [4.69, 9.17) is 11.0 Å². The quantitative estimate of drug-likeness (QED) is 0.605. The highest BCUT2D eigenvalue weighted by molar-refractivity contribution is 5.89. The van der Waals surface area contributed by atoms with Gasteiger partial charge in [-0.2, -0.15) is 5.26 Å². The molecular weight excluding hydrogens is 434 g/mol. The number of aromatic carboxylic acids is 1. The molecule has 34 heavy (non-hydrogen) atoms. The van der Waals surface area contributed by atoms with Crippen LogP contribution in [0.2, 0.25) is 0 Å². The molecule has 0 radical (unpaired) electrons. The lowest BCUT2D eigenvalue weighted by molar-refractivity contribution is 0.0695. The highest BCUT2D eigenvalue weighted by atomic mass is 16.4.